The topological polar surface area (TPSA) is 9.23 Å². The second-order valence-corrected chi connectivity index (χ2v) is 4.78. The van der Waals surface area contributed by atoms with Gasteiger partial charge in [-0.15, -0.1) is 6.58 Å². The summed E-state index contributed by atoms with van der Waals surface area (Å²) in [4.78, 5) is 0. The normalized spacial score (nSPS) is 12.5. The van der Waals surface area contributed by atoms with Crippen LogP contribution < -0.4 is 4.74 Å². The maximum atomic E-state index is 5.60. The Morgan fingerprint density at radius 2 is 2.00 bits per heavy atom. The molecule has 0 aliphatic rings. The Kier molecular flexibility index (Phi) is 5.27. The standard InChI is InChI=1S/C16H23O/c1-6-13(5)15-9-14(8-12(3)4)10-16(11-15)17-7-2/h6,9-13H,1,5,7-8H2,2-4H3. The first-order chi connectivity index (χ1) is 8.06. The smallest absolute Gasteiger partial charge is 0.119 e. The van der Waals surface area contributed by atoms with Gasteiger partial charge in [-0.1, -0.05) is 26.0 Å². The molecule has 1 unspecified atom stereocenters. The van der Waals surface area contributed by atoms with Gasteiger partial charge in [0.2, 0.25) is 0 Å². The van der Waals surface area contributed by atoms with Crippen molar-refractivity contribution in [3.05, 3.63) is 48.9 Å². The van der Waals surface area contributed by atoms with Crippen molar-refractivity contribution in [1.29, 1.82) is 0 Å². The molecule has 0 heterocycles. The lowest BCUT2D eigenvalue weighted by molar-refractivity contribution is 0.339. The van der Waals surface area contributed by atoms with Gasteiger partial charge in [0, 0.05) is 5.92 Å². The molecule has 0 spiro atoms. The highest BCUT2D eigenvalue weighted by Crippen LogP contribution is 2.25. The fourth-order valence-corrected chi connectivity index (χ4v) is 1.88. The van der Waals surface area contributed by atoms with Gasteiger partial charge in [-0.25, -0.2) is 0 Å². The van der Waals surface area contributed by atoms with Crippen LogP contribution in [0.25, 0.3) is 0 Å². The number of allylic oxidation sites excluding steroid dienone is 1. The fourth-order valence-electron chi connectivity index (χ4n) is 1.88. The van der Waals surface area contributed by atoms with Crippen LogP contribution in [-0.2, 0) is 6.42 Å². The van der Waals surface area contributed by atoms with Gasteiger partial charge in [-0.2, -0.15) is 0 Å². The Morgan fingerprint density at radius 1 is 1.29 bits per heavy atom. The molecule has 17 heavy (non-hydrogen) atoms. The zero-order valence-corrected chi connectivity index (χ0v) is 11.2. The zero-order chi connectivity index (χ0) is 12.8. The predicted molar refractivity (Wildman–Crippen MR) is 74.4 cm³/mol. The highest BCUT2D eigenvalue weighted by atomic mass is 16.5. The van der Waals surface area contributed by atoms with Crippen LogP contribution in [-0.4, -0.2) is 6.61 Å². The van der Waals surface area contributed by atoms with Gasteiger partial charge in [0.05, 0.1) is 6.61 Å². The minimum Gasteiger partial charge on any atom is -0.494 e. The van der Waals surface area contributed by atoms with E-state index in [0.29, 0.717) is 12.5 Å². The van der Waals surface area contributed by atoms with E-state index in [1.165, 1.54) is 11.1 Å². The highest BCUT2D eigenvalue weighted by molar-refractivity contribution is 5.38. The number of benzene rings is 1. The summed E-state index contributed by atoms with van der Waals surface area (Å²) >= 11 is 0. The molecule has 0 aliphatic carbocycles. The average Bonchev–Trinajstić information content (AvgIpc) is 2.27. The van der Waals surface area contributed by atoms with Gasteiger partial charge in [-0.3, -0.25) is 0 Å². The lowest BCUT2D eigenvalue weighted by Crippen LogP contribution is -2.00. The van der Waals surface area contributed by atoms with E-state index in [0.717, 1.165) is 12.2 Å². The molecule has 0 saturated heterocycles. The molecule has 0 fully saturated rings. The molecule has 1 nitrogen and oxygen atoms in total. The van der Waals surface area contributed by atoms with Crippen molar-refractivity contribution in [3.8, 4) is 5.75 Å². The predicted octanol–water partition coefficient (Wildman–Crippen LogP) is 4.39. The average molecular weight is 231 g/mol. The largest absolute Gasteiger partial charge is 0.494 e. The number of hydrogen-bond donors (Lipinski definition) is 0. The van der Waals surface area contributed by atoms with E-state index in [1.54, 1.807) is 0 Å². The molecule has 0 saturated carbocycles. The van der Waals surface area contributed by atoms with E-state index < -0.39 is 0 Å². The lowest BCUT2D eigenvalue weighted by atomic mass is 9.95. The molecule has 93 valence electrons. The van der Waals surface area contributed by atoms with Crippen molar-refractivity contribution in [3.63, 3.8) is 0 Å². The minimum atomic E-state index is 0.126. The highest BCUT2D eigenvalue weighted by Gasteiger charge is 2.07. The molecule has 1 rings (SSSR count). The van der Waals surface area contributed by atoms with Gasteiger partial charge in [-0.05, 0) is 49.4 Å². The van der Waals surface area contributed by atoms with E-state index in [4.69, 9.17) is 4.74 Å². The third kappa shape index (κ3) is 4.26. The molecule has 0 aliphatic heterocycles. The lowest BCUT2D eigenvalue weighted by Gasteiger charge is -2.14. The number of ether oxygens (including phenoxy) is 1. The van der Waals surface area contributed by atoms with Crippen LogP contribution in [0.15, 0.2) is 30.9 Å². The van der Waals surface area contributed by atoms with Crippen molar-refractivity contribution in [2.45, 2.75) is 33.1 Å². The fraction of sp³-hybridized carbons (Fsp3) is 0.438. The summed E-state index contributed by atoms with van der Waals surface area (Å²) in [5.41, 5.74) is 2.50. The third-order valence-corrected chi connectivity index (χ3v) is 2.66. The second-order valence-electron chi connectivity index (χ2n) is 4.78. The van der Waals surface area contributed by atoms with Gasteiger partial charge in [0.25, 0.3) is 0 Å². The van der Waals surface area contributed by atoms with E-state index in [1.807, 2.05) is 13.0 Å². The number of rotatable bonds is 6. The monoisotopic (exact) mass is 231 g/mol. The molecule has 1 heteroatoms. The maximum absolute atomic E-state index is 5.60. The Morgan fingerprint density at radius 3 is 2.53 bits per heavy atom. The summed E-state index contributed by atoms with van der Waals surface area (Å²) in [6.07, 6.45) is 2.93. The SMILES string of the molecule is [CH2]C(C=C)c1cc(CC(C)C)cc(OCC)c1. The third-order valence-electron chi connectivity index (χ3n) is 2.66. The second kappa shape index (κ2) is 6.48. The summed E-state index contributed by atoms with van der Waals surface area (Å²) in [6.45, 7) is 15.0. The van der Waals surface area contributed by atoms with Crippen molar-refractivity contribution in [1.82, 2.24) is 0 Å². The van der Waals surface area contributed by atoms with Gasteiger partial charge in [0.1, 0.15) is 5.75 Å². The molecule has 0 N–H and O–H groups in total. The van der Waals surface area contributed by atoms with Crippen LogP contribution in [0.1, 0.15) is 37.8 Å². The molecule has 1 aromatic rings. The first-order valence-corrected chi connectivity index (χ1v) is 6.29. The van der Waals surface area contributed by atoms with Crippen molar-refractivity contribution >= 4 is 0 Å². The van der Waals surface area contributed by atoms with E-state index >= 15 is 0 Å². The molecular formula is C16H23O. The minimum absolute atomic E-state index is 0.126. The van der Waals surface area contributed by atoms with E-state index in [9.17, 15) is 0 Å². The van der Waals surface area contributed by atoms with Crippen LogP contribution in [0, 0.1) is 12.8 Å². The summed E-state index contributed by atoms with van der Waals surface area (Å²) in [7, 11) is 0. The van der Waals surface area contributed by atoms with Crippen molar-refractivity contribution < 1.29 is 4.74 Å². The summed E-state index contributed by atoms with van der Waals surface area (Å²) in [6, 6.07) is 6.40. The summed E-state index contributed by atoms with van der Waals surface area (Å²) < 4.78 is 5.60. The summed E-state index contributed by atoms with van der Waals surface area (Å²) in [5, 5.41) is 0. The van der Waals surface area contributed by atoms with E-state index in [-0.39, 0.29) is 5.92 Å². The van der Waals surface area contributed by atoms with Crippen molar-refractivity contribution in [2.75, 3.05) is 6.61 Å². The quantitative estimate of drug-likeness (QED) is 0.660. The van der Waals surface area contributed by atoms with E-state index in [2.05, 4.69) is 45.5 Å². The Bertz CT molecular complexity index is 366. The molecule has 1 aromatic carbocycles. The van der Waals surface area contributed by atoms with Crippen LogP contribution in [0.2, 0.25) is 0 Å². The molecule has 0 bridgehead atoms. The Labute approximate surface area is 106 Å². The Hall–Kier alpha value is -1.24. The van der Waals surface area contributed by atoms with Crippen LogP contribution in [0.4, 0.5) is 0 Å². The molecule has 1 radical (unpaired) electrons. The number of hydrogen-bond acceptors (Lipinski definition) is 1. The molecular weight excluding hydrogens is 208 g/mol. The van der Waals surface area contributed by atoms with Crippen LogP contribution in [0.5, 0.6) is 5.75 Å². The Balaban J connectivity index is 3.04. The van der Waals surface area contributed by atoms with Crippen molar-refractivity contribution in [2.24, 2.45) is 5.92 Å². The zero-order valence-electron chi connectivity index (χ0n) is 11.2. The summed E-state index contributed by atoms with van der Waals surface area (Å²) in [5.74, 6) is 1.71. The molecule has 0 amide bonds. The van der Waals surface area contributed by atoms with Crippen LogP contribution >= 0.6 is 0 Å². The maximum Gasteiger partial charge on any atom is 0.119 e. The molecule has 0 aromatic heterocycles. The van der Waals surface area contributed by atoms with Gasteiger partial charge >= 0.3 is 0 Å². The first-order valence-electron chi connectivity index (χ1n) is 6.29. The van der Waals surface area contributed by atoms with Crippen LogP contribution in [0.3, 0.4) is 0 Å². The van der Waals surface area contributed by atoms with Gasteiger partial charge in [0.15, 0.2) is 0 Å². The van der Waals surface area contributed by atoms with Gasteiger partial charge < -0.3 is 4.74 Å². The first kappa shape index (κ1) is 13.8. The molecule has 1 atom stereocenters.